The molecule has 1 N–H and O–H groups in total. The van der Waals surface area contributed by atoms with Crippen molar-refractivity contribution in [2.45, 2.75) is 6.92 Å². The van der Waals surface area contributed by atoms with Crippen LogP contribution in [0.5, 0.6) is 5.75 Å². The van der Waals surface area contributed by atoms with Gasteiger partial charge in [0.2, 0.25) is 0 Å². The van der Waals surface area contributed by atoms with Crippen LogP contribution in [0.2, 0.25) is 10.0 Å². The summed E-state index contributed by atoms with van der Waals surface area (Å²) in [6.07, 6.45) is 0. The second-order valence-electron chi connectivity index (χ2n) is 4.92. The van der Waals surface area contributed by atoms with Crippen molar-refractivity contribution in [1.29, 1.82) is 0 Å². The van der Waals surface area contributed by atoms with Gasteiger partial charge >= 0.3 is 6.01 Å². The van der Waals surface area contributed by atoms with E-state index in [1.165, 1.54) is 12.1 Å². The van der Waals surface area contributed by atoms with Gasteiger partial charge in [-0.05, 0) is 37.3 Å². The highest BCUT2D eigenvalue weighted by molar-refractivity contribution is 6.37. The number of nitrogens with zero attached hydrogens (tertiary/aromatic N) is 2. The molecule has 0 spiro atoms. The van der Waals surface area contributed by atoms with Crippen LogP contribution < -0.4 is 10.1 Å². The van der Waals surface area contributed by atoms with E-state index in [0.29, 0.717) is 22.9 Å². The first-order valence-electron chi connectivity index (χ1n) is 7.40. The summed E-state index contributed by atoms with van der Waals surface area (Å²) in [5, 5.41) is 11.0. The third kappa shape index (κ3) is 3.92. The highest BCUT2D eigenvalue weighted by atomic mass is 35.5. The largest absolute Gasteiger partial charge is 0.493 e. The minimum absolute atomic E-state index is 0.0441. The SMILES string of the molecule is CCOc1ccccc1-c1nnc(NC(=O)c2ccc(Cl)cc2Cl)o1. The van der Waals surface area contributed by atoms with Gasteiger partial charge in [0.15, 0.2) is 0 Å². The van der Waals surface area contributed by atoms with Crippen LogP contribution >= 0.6 is 23.2 Å². The number of ether oxygens (including phenoxy) is 1. The van der Waals surface area contributed by atoms with E-state index < -0.39 is 5.91 Å². The minimum atomic E-state index is -0.477. The van der Waals surface area contributed by atoms with Gasteiger partial charge in [0.05, 0.1) is 22.8 Å². The monoisotopic (exact) mass is 377 g/mol. The first-order chi connectivity index (χ1) is 12.1. The standard InChI is InChI=1S/C17H13Cl2N3O3/c1-2-24-14-6-4-3-5-12(14)16-21-22-17(25-16)20-15(23)11-8-7-10(18)9-13(11)19/h3-9H,2H2,1H3,(H,20,22,23). The summed E-state index contributed by atoms with van der Waals surface area (Å²) in [6, 6.07) is 11.8. The first kappa shape index (κ1) is 17.3. The maximum Gasteiger partial charge on any atom is 0.322 e. The van der Waals surface area contributed by atoms with Crippen LogP contribution in [-0.2, 0) is 0 Å². The average molecular weight is 378 g/mol. The lowest BCUT2D eigenvalue weighted by atomic mass is 10.2. The van der Waals surface area contributed by atoms with Crippen molar-refractivity contribution >= 4 is 35.1 Å². The zero-order valence-electron chi connectivity index (χ0n) is 13.1. The Kier molecular flexibility index (Phi) is 5.21. The molecule has 0 atom stereocenters. The van der Waals surface area contributed by atoms with E-state index in [1.54, 1.807) is 18.2 Å². The highest BCUT2D eigenvalue weighted by Crippen LogP contribution is 2.30. The predicted octanol–water partition coefficient (Wildman–Crippen LogP) is 4.69. The number of carbonyl (C=O) groups excluding carboxylic acids is 1. The Morgan fingerprint density at radius 1 is 1.20 bits per heavy atom. The molecule has 0 unspecified atom stereocenters. The molecule has 3 aromatic rings. The fourth-order valence-corrected chi connectivity index (χ4v) is 2.64. The number of rotatable bonds is 5. The van der Waals surface area contributed by atoms with Crippen LogP contribution in [0.25, 0.3) is 11.5 Å². The Morgan fingerprint density at radius 2 is 2.00 bits per heavy atom. The molecule has 1 aromatic heterocycles. The van der Waals surface area contributed by atoms with E-state index in [2.05, 4.69) is 15.5 Å². The van der Waals surface area contributed by atoms with Crippen LogP contribution in [0.1, 0.15) is 17.3 Å². The van der Waals surface area contributed by atoms with Crippen molar-refractivity contribution in [3.05, 3.63) is 58.1 Å². The average Bonchev–Trinajstić information content (AvgIpc) is 3.03. The third-order valence-electron chi connectivity index (χ3n) is 3.24. The molecule has 128 valence electrons. The molecule has 3 rings (SSSR count). The number of hydrogen-bond acceptors (Lipinski definition) is 5. The van der Waals surface area contributed by atoms with Gasteiger partial charge in [-0.3, -0.25) is 10.1 Å². The molecule has 0 bridgehead atoms. The Balaban J connectivity index is 1.81. The molecule has 0 aliphatic heterocycles. The topological polar surface area (TPSA) is 77.3 Å². The van der Waals surface area contributed by atoms with Gasteiger partial charge < -0.3 is 9.15 Å². The van der Waals surface area contributed by atoms with Gasteiger partial charge in [-0.25, -0.2) is 0 Å². The smallest absolute Gasteiger partial charge is 0.322 e. The number of halogens is 2. The van der Waals surface area contributed by atoms with Crippen LogP contribution in [-0.4, -0.2) is 22.7 Å². The van der Waals surface area contributed by atoms with Gasteiger partial charge in [-0.15, -0.1) is 5.10 Å². The van der Waals surface area contributed by atoms with E-state index >= 15 is 0 Å². The summed E-state index contributed by atoms with van der Waals surface area (Å²) < 4.78 is 11.0. The van der Waals surface area contributed by atoms with Gasteiger partial charge in [0.25, 0.3) is 11.8 Å². The molecule has 1 heterocycles. The van der Waals surface area contributed by atoms with Crippen molar-refractivity contribution in [3.8, 4) is 17.2 Å². The molecule has 0 radical (unpaired) electrons. The second kappa shape index (κ2) is 7.55. The lowest BCUT2D eigenvalue weighted by Gasteiger charge is -2.06. The Labute approximate surface area is 153 Å². The van der Waals surface area contributed by atoms with Crippen LogP contribution in [0.4, 0.5) is 6.01 Å². The van der Waals surface area contributed by atoms with E-state index in [-0.39, 0.29) is 22.5 Å². The lowest BCUT2D eigenvalue weighted by Crippen LogP contribution is -2.12. The maximum atomic E-state index is 12.3. The van der Waals surface area contributed by atoms with Crippen molar-refractivity contribution in [1.82, 2.24) is 10.2 Å². The van der Waals surface area contributed by atoms with Crippen LogP contribution in [0.15, 0.2) is 46.9 Å². The van der Waals surface area contributed by atoms with E-state index in [9.17, 15) is 4.79 Å². The highest BCUT2D eigenvalue weighted by Gasteiger charge is 2.17. The fraction of sp³-hybridized carbons (Fsp3) is 0.118. The van der Waals surface area contributed by atoms with E-state index in [4.69, 9.17) is 32.4 Å². The predicted molar refractivity (Wildman–Crippen MR) is 95.3 cm³/mol. The quantitative estimate of drug-likeness (QED) is 0.697. The summed E-state index contributed by atoms with van der Waals surface area (Å²) in [5.41, 5.74) is 0.891. The normalized spacial score (nSPS) is 10.5. The number of nitrogens with one attached hydrogen (secondary N) is 1. The van der Waals surface area contributed by atoms with Crippen LogP contribution in [0.3, 0.4) is 0 Å². The lowest BCUT2D eigenvalue weighted by molar-refractivity contribution is 0.102. The molecule has 8 heteroatoms. The number of carbonyl (C=O) groups is 1. The van der Waals surface area contributed by atoms with Crippen molar-refractivity contribution in [2.75, 3.05) is 11.9 Å². The third-order valence-corrected chi connectivity index (χ3v) is 3.79. The summed E-state index contributed by atoms with van der Waals surface area (Å²) >= 11 is 11.8. The number of para-hydroxylation sites is 1. The van der Waals surface area contributed by atoms with E-state index in [0.717, 1.165) is 0 Å². The minimum Gasteiger partial charge on any atom is -0.493 e. The molecule has 1 amide bonds. The fourth-order valence-electron chi connectivity index (χ4n) is 2.15. The molecule has 0 saturated carbocycles. The molecular formula is C17H13Cl2N3O3. The molecule has 0 aliphatic rings. The second-order valence-corrected chi connectivity index (χ2v) is 5.76. The zero-order chi connectivity index (χ0) is 17.8. The van der Waals surface area contributed by atoms with Crippen molar-refractivity contribution in [3.63, 3.8) is 0 Å². The summed E-state index contributed by atoms with van der Waals surface area (Å²) in [5.74, 6) is 0.379. The number of benzene rings is 2. The number of anilines is 1. The molecule has 6 nitrogen and oxygen atoms in total. The molecule has 2 aromatic carbocycles. The Morgan fingerprint density at radius 3 is 2.76 bits per heavy atom. The van der Waals surface area contributed by atoms with Crippen LogP contribution in [0, 0.1) is 0 Å². The maximum absolute atomic E-state index is 12.3. The first-order valence-corrected chi connectivity index (χ1v) is 8.16. The van der Waals surface area contributed by atoms with Crippen molar-refractivity contribution < 1.29 is 13.9 Å². The number of aromatic nitrogens is 2. The molecule has 0 aliphatic carbocycles. The Hall–Kier alpha value is -2.57. The van der Waals surface area contributed by atoms with Crippen molar-refractivity contribution in [2.24, 2.45) is 0 Å². The Bertz CT molecular complexity index is 912. The molecule has 0 fully saturated rings. The van der Waals surface area contributed by atoms with Gasteiger partial charge in [-0.2, -0.15) is 0 Å². The summed E-state index contributed by atoms with van der Waals surface area (Å²) in [6.45, 7) is 2.38. The molecular weight excluding hydrogens is 365 g/mol. The van der Waals surface area contributed by atoms with Gasteiger partial charge in [0, 0.05) is 5.02 Å². The van der Waals surface area contributed by atoms with Gasteiger partial charge in [0.1, 0.15) is 5.75 Å². The van der Waals surface area contributed by atoms with E-state index in [1.807, 2.05) is 19.1 Å². The zero-order valence-corrected chi connectivity index (χ0v) is 14.6. The number of hydrogen-bond donors (Lipinski definition) is 1. The molecule has 25 heavy (non-hydrogen) atoms. The molecule has 0 saturated heterocycles. The summed E-state index contributed by atoms with van der Waals surface area (Å²) in [7, 11) is 0. The summed E-state index contributed by atoms with van der Waals surface area (Å²) in [4.78, 5) is 12.3. The van der Waals surface area contributed by atoms with Gasteiger partial charge in [-0.1, -0.05) is 40.4 Å². The number of amides is 1.